The molecule has 1 aromatic heterocycles. The Balaban J connectivity index is 2.19. The van der Waals surface area contributed by atoms with Crippen LogP contribution >= 0.6 is 0 Å². The van der Waals surface area contributed by atoms with Crippen LogP contribution in [0.15, 0.2) is 4.42 Å². The van der Waals surface area contributed by atoms with Crippen molar-refractivity contribution < 1.29 is 4.42 Å². The molecule has 1 aliphatic heterocycles. The van der Waals surface area contributed by atoms with Crippen molar-refractivity contribution in [2.24, 2.45) is 0 Å². The highest BCUT2D eigenvalue weighted by molar-refractivity contribution is 5.13. The van der Waals surface area contributed by atoms with Crippen molar-refractivity contribution in [3.05, 3.63) is 17.3 Å². The van der Waals surface area contributed by atoms with Gasteiger partial charge in [-0.1, -0.05) is 0 Å². The molecule has 72 valence electrons. The third-order valence-corrected chi connectivity index (χ3v) is 2.60. The SMILES string of the molecule is Cc1nc2c(o1)CN(C(C)C)CC2. The first-order valence-electron chi connectivity index (χ1n) is 4.86. The molecule has 0 N–H and O–H groups in total. The summed E-state index contributed by atoms with van der Waals surface area (Å²) in [5.74, 6) is 1.87. The molecule has 0 saturated carbocycles. The Labute approximate surface area is 78.8 Å². The Morgan fingerprint density at radius 2 is 2.23 bits per heavy atom. The topological polar surface area (TPSA) is 29.3 Å². The molecule has 0 spiro atoms. The second-order valence-electron chi connectivity index (χ2n) is 3.92. The van der Waals surface area contributed by atoms with Crippen molar-refractivity contribution in [1.29, 1.82) is 0 Å². The molecule has 0 unspecified atom stereocenters. The zero-order chi connectivity index (χ0) is 9.42. The maximum atomic E-state index is 5.53. The van der Waals surface area contributed by atoms with Crippen LogP contribution in [-0.4, -0.2) is 22.5 Å². The second-order valence-corrected chi connectivity index (χ2v) is 3.92. The first kappa shape index (κ1) is 8.75. The molecule has 1 aromatic rings. The summed E-state index contributed by atoms with van der Waals surface area (Å²) in [4.78, 5) is 6.76. The van der Waals surface area contributed by atoms with E-state index in [1.807, 2.05) is 6.92 Å². The minimum absolute atomic E-state index is 0.596. The third kappa shape index (κ3) is 1.61. The quantitative estimate of drug-likeness (QED) is 0.659. The highest BCUT2D eigenvalue weighted by atomic mass is 16.4. The Kier molecular flexibility index (Phi) is 2.12. The van der Waals surface area contributed by atoms with E-state index in [1.165, 1.54) is 0 Å². The van der Waals surface area contributed by atoms with E-state index in [4.69, 9.17) is 4.42 Å². The minimum atomic E-state index is 0.596. The number of nitrogens with zero attached hydrogens (tertiary/aromatic N) is 2. The van der Waals surface area contributed by atoms with Gasteiger partial charge in [0.2, 0.25) is 0 Å². The fourth-order valence-corrected chi connectivity index (χ4v) is 1.79. The van der Waals surface area contributed by atoms with E-state index in [2.05, 4.69) is 23.7 Å². The lowest BCUT2D eigenvalue weighted by Gasteiger charge is -2.28. The van der Waals surface area contributed by atoms with E-state index in [1.54, 1.807) is 0 Å². The summed E-state index contributed by atoms with van der Waals surface area (Å²) in [6, 6.07) is 0.596. The lowest BCUT2D eigenvalue weighted by molar-refractivity contribution is 0.183. The van der Waals surface area contributed by atoms with Gasteiger partial charge in [-0.15, -0.1) is 0 Å². The van der Waals surface area contributed by atoms with Crippen molar-refractivity contribution in [2.75, 3.05) is 6.54 Å². The molecule has 0 aromatic carbocycles. The van der Waals surface area contributed by atoms with Crippen LogP contribution in [0.3, 0.4) is 0 Å². The summed E-state index contributed by atoms with van der Waals surface area (Å²) in [6.45, 7) is 8.38. The summed E-state index contributed by atoms with van der Waals surface area (Å²) in [7, 11) is 0. The summed E-state index contributed by atoms with van der Waals surface area (Å²) in [5, 5.41) is 0. The van der Waals surface area contributed by atoms with Crippen LogP contribution in [0.4, 0.5) is 0 Å². The Morgan fingerprint density at radius 1 is 1.46 bits per heavy atom. The van der Waals surface area contributed by atoms with Gasteiger partial charge in [0.15, 0.2) is 5.89 Å². The molecule has 0 aliphatic carbocycles. The minimum Gasteiger partial charge on any atom is -0.444 e. The first-order valence-corrected chi connectivity index (χ1v) is 4.86. The summed E-state index contributed by atoms with van der Waals surface area (Å²) in [6.07, 6.45) is 1.03. The van der Waals surface area contributed by atoms with Gasteiger partial charge in [-0.05, 0) is 13.8 Å². The molecule has 0 radical (unpaired) electrons. The monoisotopic (exact) mass is 180 g/mol. The second kappa shape index (κ2) is 3.14. The standard InChI is InChI=1S/C10H16N2O/c1-7(2)12-5-4-9-10(6-12)13-8(3)11-9/h7H,4-6H2,1-3H3. The predicted molar refractivity (Wildman–Crippen MR) is 50.5 cm³/mol. The molecule has 2 rings (SSSR count). The Hall–Kier alpha value is -0.830. The number of hydrogen-bond donors (Lipinski definition) is 0. The molecule has 1 aliphatic rings. The van der Waals surface area contributed by atoms with Crippen LogP contribution in [0.25, 0.3) is 0 Å². The van der Waals surface area contributed by atoms with Crippen LogP contribution in [-0.2, 0) is 13.0 Å². The van der Waals surface area contributed by atoms with Crippen LogP contribution in [0.1, 0.15) is 31.2 Å². The van der Waals surface area contributed by atoms with E-state index in [9.17, 15) is 0 Å². The fourth-order valence-electron chi connectivity index (χ4n) is 1.79. The van der Waals surface area contributed by atoms with Crippen LogP contribution < -0.4 is 0 Å². The summed E-state index contributed by atoms with van der Waals surface area (Å²) < 4.78 is 5.53. The van der Waals surface area contributed by atoms with E-state index < -0.39 is 0 Å². The predicted octanol–water partition coefficient (Wildman–Crippen LogP) is 1.75. The van der Waals surface area contributed by atoms with Crippen molar-refractivity contribution in [3.63, 3.8) is 0 Å². The van der Waals surface area contributed by atoms with Gasteiger partial charge >= 0.3 is 0 Å². The molecule has 2 heterocycles. The maximum absolute atomic E-state index is 5.53. The van der Waals surface area contributed by atoms with E-state index in [0.29, 0.717) is 6.04 Å². The van der Waals surface area contributed by atoms with E-state index >= 15 is 0 Å². The highest BCUT2D eigenvalue weighted by Gasteiger charge is 2.22. The van der Waals surface area contributed by atoms with Crippen molar-refractivity contribution in [2.45, 2.75) is 39.8 Å². The number of aryl methyl sites for hydroxylation is 1. The van der Waals surface area contributed by atoms with Crippen molar-refractivity contribution in [1.82, 2.24) is 9.88 Å². The lowest BCUT2D eigenvalue weighted by Crippen LogP contribution is -2.35. The van der Waals surface area contributed by atoms with Crippen LogP contribution in [0, 0.1) is 6.92 Å². The van der Waals surface area contributed by atoms with Gasteiger partial charge in [-0.3, -0.25) is 4.90 Å². The molecule has 0 saturated heterocycles. The smallest absolute Gasteiger partial charge is 0.191 e. The molecular weight excluding hydrogens is 164 g/mol. The molecule has 3 heteroatoms. The zero-order valence-electron chi connectivity index (χ0n) is 8.50. The number of oxazole rings is 1. The molecule has 3 nitrogen and oxygen atoms in total. The number of hydrogen-bond acceptors (Lipinski definition) is 3. The molecule has 0 atom stereocenters. The lowest BCUT2D eigenvalue weighted by atomic mass is 10.1. The Bertz CT molecular complexity index is 304. The van der Waals surface area contributed by atoms with Gasteiger partial charge in [-0.25, -0.2) is 4.98 Å². The van der Waals surface area contributed by atoms with Gasteiger partial charge < -0.3 is 4.42 Å². The van der Waals surface area contributed by atoms with Gasteiger partial charge in [0.05, 0.1) is 12.2 Å². The highest BCUT2D eigenvalue weighted by Crippen LogP contribution is 2.20. The molecular formula is C10H16N2O. The average molecular weight is 180 g/mol. The maximum Gasteiger partial charge on any atom is 0.191 e. The molecule has 0 fully saturated rings. The average Bonchev–Trinajstić information content (AvgIpc) is 2.42. The molecule has 0 amide bonds. The van der Waals surface area contributed by atoms with Crippen molar-refractivity contribution >= 4 is 0 Å². The molecule has 13 heavy (non-hydrogen) atoms. The van der Waals surface area contributed by atoms with E-state index in [-0.39, 0.29) is 0 Å². The largest absolute Gasteiger partial charge is 0.444 e. The first-order chi connectivity index (χ1) is 6.16. The normalized spacial score (nSPS) is 17.8. The van der Waals surface area contributed by atoms with Gasteiger partial charge in [-0.2, -0.15) is 0 Å². The van der Waals surface area contributed by atoms with Crippen LogP contribution in [0.2, 0.25) is 0 Å². The molecule has 0 bridgehead atoms. The van der Waals surface area contributed by atoms with Gasteiger partial charge in [0.1, 0.15) is 5.76 Å². The third-order valence-electron chi connectivity index (χ3n) is 2.60. The number of rotatable bonds is 1. The van der Waals surface area contributed by atoms with Crippen molar-refractivity contribution in [3.8, 4) is 0 Å². The number of fused-ring (bicyclic) bond motifs is 1. The number of aromatic nitrogens is 1. The van der Waals surface area contributed by atoms with Gasteiger partial charge in [0, 0.05) is 25.9 Å². The Morgan fingerprint density at radius 3 is 2.92 bits per heavy atom. The van der Waals surface area contributed by atoms with E-state index in [0.717, 1.165) is 36.9 Å². The fraction of sp³-hybridized carbons (Fsp3) is 0.700. The summed E-state index contributed by atoms with van der Waals surface area (Å²) in [5.41, 5.74) is 1.16. The summed E-state index contributed by atoms with van der Waals surface area (Å²) >= 11 is 0. The van der Waals surface area contributed by atoms with Gasteiger partial charge in [0.25, 0.3) is 0 Å². The van der Waals surface area contributed by atoms with Crippen LogP contribution in [0.5, 0.6) is 0 Å². The zero-order valence-corrected chi connectivity index (χ0v) is 8.50.